The Balaban J connectivity index is 1.54. The standard InChI is InChI=1S/C27H34N5O10P/c1-16(2)40-25(35)37-15-39-43(36,42-18-8-6-17(7-9-18)26(3,4)5)38-12-20-22(33)23(34)27(13-28,41-20)21-11-10-19-24(29)30-14-31-32(19)21/h6-11,14,16,20,22-23,33-34H,12,15H2,1-5H3,(H2,29,30,31)/t20-,22-,23-,27+,43+/m1/s1. The number of nitrogens with zero attached hydrogens (tertiary/aromatic N) is 4. The van der Waals surface area contributed by atoms with E-state index in [0.29, 0.717) is 5.52 Å². The van der Waals surface area contributed by atoms with Gasteiger partial charge >= 0.3 is 14.0 Å². The highest BCUT2D eigenvalue weighted by atomic mass is 31.2. The Morgan fingerprint density at radius 3 is 2.53 bits per heavy atom. The summed E-state index contributed by atoms with van der Waals surface area (Å²) in [5.74, 6) is 0.227. The van der Waals surface area contributed by atoms with E-state index >= 15 is 0 Å². The van der Waals surface area contributed by atoms with Gasteiger partial charge in [0.05, 0.1) is 18.4 Å². The number of fused-ring (bicyclic) bond motifs is 1. The highest BCUT2D eigenvalue weighted by Crippen LogP contribution is 2.51. The summed E-state index contributed by atoms with van der Waals surface area (Å²) in [6.45, 7) is 7.76. The topological polar surface area (TPSA) is 210 Å². The zero-order valence-corrected chi connectivity index (χ0v) is 25.1. The van der Waals surface area contributed by atoms with Crippen LogP contribution in [0.2, 0.25) is 0 Å². The van der Waals surface area contributed by atoms with E-state index in [2.05, 4.69) is 10.1 Å². The number of carbonyl (C=O) groups is 1. The molecule has 4 rings (SSSR count). The van der Waals surface area contributed by atoms with Crippen molar-refractivity contribution in [3.05, 3.63) is 54.0 Å². The molecular weight excluding hydrogens is 585 g/mol. The van der Waals surface area contributed by atoms with Crippen LogP contribution in [-0.2, 0) is 38.8 Å². The van der Waals surface area contributed by atoms with Gasteiger partial charge in [-0.15, -0.1) is 0 Å². The van der Waals surface area contributed by atoms with E-state index in [1.807, 2.05) is 26.8 Å². The number of nitriles is 1. The maximum absolute atomic E-state index is 13.7. The average Bonchev–Trinajstić information content (AvgIpc) is 3.47. The number of aromatic nitrogens is 3. The van der Waals surface area contributed by atoms with Crippen LogP contribution in [0.1, 0.15) is 45.9 Å². The van der Waals surface area contributed by atoms with Gasteiger partial charge in [-0.2, -0.15) is 10.4 Å². The Bertz CT molecular complexity index is 1530. The second-order valence-electron chi connectivity index (χ2n) is 11.0. The highest BCUT2D eigenvalue weighted by Gasteiger charge is 2.58. The van der Waals surface area contributed by atoms with E-state index in [-0.39, 0.29) is 22.7 Å². The van der Waals surface area contributed by atoms with Gasteiger partial charge in [0.15, 0.2) is 5.82 Å². The molecule has 15 nitrogen and oxygen atoms in total. The van der Waals surface area contributed by atoms with Gasteiger partial charge in [-0.3, -0.25) is 4.52 Å². The summed E-state index contributed by atoms with van der Waals surface area (Å²) >= 11 is 0. The Hall–Kier alpha value is -3.77. The first-order valence-corrected chi connectivity index (χ1v) is 14.7. The van der Waals surface area contributed by atoms with Crippen LogP contribution in [0.3, 0.4) is 0 Å². The fraction of sp³-hybridized carbons (Fsp3) is 0.481. The monoisotopic (exact) mass is 619 g/mol. The number of benzene rings is 1. The number of hydrogen-bond acceptors (Lipinski definition) is 14. The van der Waals surface area contributed by atoms with Crippen molar-refractivity contribution in [1.82, 2.24) is 14.6 Å². The minimum absolute atomic E-state index is 0.0693. The number of nitrogens with two attached hydrogens (primary N) is 1. The molecule has 43 heavy (non-hydrogen) atoms. The summed E-state index contributed by atoms with van der Waals surface area (Å²) in [7, 11) is -4.57. The molecule has 2 aromatic heterocycles. The molecule has 0 unspecified atom stereocenters. The molecular formula is C27H34N5O10P. The maximum Gasteiger partial charge on any atom is 0.533 e. The number of nitrogen functional groups attached to an aromatic ring is 1. The molecule has 0 spiro atoms. The summed E-state index contributed by atoms with van der Waals surface area (Å²) in [6.07, 6.45) is -5.23. The number of carbonyl (C=O) groups excluding carboxylic acids is 1. The van der Waals surface area contributed by atoms with E-state index in [4.69, 9.17) is 33.5 Å². The van der Waals surface area contributed by atoms with Crippen molar-refractivity contribution in [2.24, 2.45) is 0 Å². The predicted octanol–water partition coefficient (Wildman–Crippen LogP) is 3.19. The normalized spacial score (nSPS) is 23.6. The van der Waals surface area contributed by atoms with E-state index in [1.54, 1.807) is 38.1 Å². The molecule has 5 atom stereocenters. The molecule has 0 aliphatic carbocycles. The zero-order chi connectivity index (χ0) is 31.6. The lowest BCUT2D eigenvalue weighted by Gasteiger charge is -2.24. The van der Waals surface area contributed by atoms with Gasteiger partial charge in [0, 0.05) is 0 Å². The third kappa shape index (κ3) is 6.91. The molecule has 3 aromatic rings. The van der Waals surface area contributed by atoms with Crippen LogP contribution in [0.4, 0.5) is 10.6 Å². The first-order chi connectivity index (χ1) is 20.2. The van der Waals surface area contributed by atoms with Crippen LogP contribution in [0.25, 0.3) is 5.52 Å². The van der Waals surface area contributed by atoms with Gasteiger partial charge < -0.3 is 34.7 Å². The first kappa shape index (κ1) is 32.2. The Kier molecular flexibility index (Phi) is 9.31. The Morgan fingerprint density at radius 2 is 1.91 bits per heavy atom. The fourth-order valence-electron chi connectivity index (χ4n) is 4.32. The summed E-state index contributed by atoms with van der Waals surface area (Å²) < 4.78 is 46.7. The lowest BCUT2D eigenvalue weighted by Crippen LogP contribution is -2.41. The molecule has 4 N–H and O–H groups in total. The number of anilines is 1. The number of aliphatic hydroxyl groups excluding tert-OH is 2. The molecule has 1 aliphatic heterocycles. The predicted molar refractivity (Wildman–Crippen MR) is 150 cm³/mol. The van der Waals surface area contributed by atoms with Crippen molar-refractivity contribution < 1.29 is 47.4 Å². The quantitative estimate of drug-likeness (QED) is 0.169. The Labute approximate surface area is 247 Å². The van der Waals surface area contributed by atoms with Crippen molar-refractivity contribution in [2.75, 3.05) is 19.1 Å². The number of hydrogen-bond donors (Lipinski definition) is 3. The second-order valence-corrected chi connectivity index (χ2v) is 12.6. The largest absolute Gasteiger partial charge is 0.533 e. The van der Waals surface area contributed by atoms with Crippen molar-refractivity contribution in [3.8, 4) is 11.8 Å². The molecule has 3 heterocycles. The molecule has 232 valence electrons. The number of phosphoric ester groups is 1. The number of rotatable bonds is 10. The lowest BCUT2D eigenvalue weighted by molar-refractivity contribution is -0.0670. The summed E-state index contributed by atoms with van der Waals surface area (Å²) in [6, 6.07) is 11.6. The highest BCUT2D eigenvalue weighted by molar-refractivity contribution is 7.48. The van der Waals surface area contributed by atoms with E-state index in [1.165, 1.54) is 16.6 Å². The molecule has 16 heteroatoms. The number of phosphoric acid groups is 1. The Morgan fingerprint density at radius 1 is 1.21 bits per heavy atom. The van der Waals surface area contributed by atoms with Crippen LogP contribution in [0.15, 0.2) is 42.7 Å². The number of aliphatic hydroxyl groups is 2. The summed E-state index contributed by atoms with van der Waals surface area (Å²) in [5.41, 5.74) is 5.01. The van der Waals surface area contributed by atoms with Crippen molar-refractivity contribution in [1.29, 1.82) is 5.26 Å². The molecule has 1 saturated heterocycles. The summed E-state index contributed by atoms with van der Waals surface area (Å²) in [5, 5.41) is 36.0. The SMILES string of the molecule is CC(C)OC(=O)OCO[P@](=O)(OC[C@H]1O[C@@](C#N)(c2ccc3c(N)ncnn23)[C@H](O)[C@@H]1O)Oc1ccc(C(C)(C)C)cc1. The fourth-order valence-corrected chi connectivity index (χ4v) is 5.39. The van der Waals surface area contributed by atoms with Crippen LogP contribution in [-0.4, -0.2) is 68.8 Å². The second kappa shape index (κ2) is 12.5. The van der Waals surface area contributed by atoms with Gasteiger partial charge in [-0.1, -0.05) is 32.9 Å². The van der Waals surface area contributed by atoms with Crippen LogP contribution in [0.5, 0.6) is 5.75 Å². The van der Waals surface area contributed by atoms with Crippen LogP contribution in [0, 0.1) is 11.3 Å². The molecule has 1 aromatic carbocycles. The minimum atomic E-state index is -4.57. The molecule has 0 radical (unpaired) electrons. The molecule has 0 saturated carbocycles. The van der Waals surface area contributed by atoms with E-state index in [0.717, 1.165) is 11.9 Å². The van der Waals surface area contributed by atoms with Crippen molar-refractivity contribution in [3.63, 3.8) is 0 Å². The minimum Gasteiger partial charge on any atom is -0.432 e. The van der Waals surface area contributed by atoms with E-state index in [9.17, 15) is 24.8 Å². The first-order valence-electron chi connectivity index (χ1n) is 13.3. The molecule has 1 fully saturated rings. The average molecular weight is 620 g/mol. The third-order valence-electron chi connectivity index (χ3n) is 6.54. The van der Waals surface area contributed by atoms with E-state index < -0.39 is 57.4 Å². The lowest BCUT2D eigenvalue weighted by atomic mass is 9.87. The third-order valence-corrected chi connectivity index (χ3v) is 7.86. The molecule has 1 aliphatic rings. The van der Waals surface area contributed by atoms with Gasteiger partial charge in [0.2, 0.25) is 12.4 Å². The van der Waals surface area contributed by atoms with Crippen LogP contribution < -0.4 is 10.3 Å². The van der Waals surface area contributed by atoms with Gasteiger partial charge in [0.1, 0.15) is 42.0 Å². The van der Waals surface area contributed by atoms with Crippen LogP contribution >= 0.6 is 7.82 Å². The molecule has 0 amide bonds. The zero-order valence-electron chi connectivity index (χ0n) is 24.2. The van der Waals surface area contributed by atoms with Crippen molar-refractivity contribution in [2.45, 2.75) is 70.1 Å². The van der Waals surface area contributed by atoms with Gasteiger partial charge in [-0.05, 0) is 49.1 Å². The van der Waals surface area contributed by atoms with Crippen molar-refractivity contribution >= 4 is 25.3 Å². The maximum atomic E-state index is 13.7. The summed E-state index contributed by atoms with van der Waals surface area (Å²) in [4.78, 5) is 15.7. The molecule has 0 bridgehead atoms. The van der Waals surface area contributed by atoms with Gasteiger partial charge in [-0.25, -0.2) is 23.4 Å². The smallest absolute Gasteiger partial charge is 0.432 e. The number of ether oxygens (including phenoxy) is 3. The van der Waals surface area contributed by atoms with Gasteiger partial charge in [0.25, 0.3) is 0 Å².